The van der Waals surface area contributed by atoms with E-state index in [9.17, 15) is 4.79 Å². The van der Waals surface area contributed by atoms with Gasteiger partial charge in [-0.25, -0.2) is 0 Å². The van der Waals surface area contributed by atoms with Crippen LogP contribution in [0, 0.1) is 13.8 Å². The van der Waals surface area contributed by atoms with Gasteiger partial charge in [0.05, 0.1) is 12.2 Å². The summed E-state index contributed by atoms with van der Waals surface area (Å²) in [5.41, 5.74) is 8.57. The number of halogens is 1. The molecule has 0 saturated heterocycles. The van der Waals surface area contributed by atoms with E-state index in [1.165, 1.54) is 33.6 Å². The van der Waals surface area contributed by atoms with E-state index in [0.29, 0.717) is 11.0 Å². The number of aryl methyl sites for hydroxylation is 2. The number of fused-ring (bicyclic) bond motifs is 6. The highest BCUT2D eigenvalue weighted by atomic mass is 79.9. The van der Waals surface area contributed by atoms with Gasteiger partial charge in [0.15, 0.2) is 6.67 Å². The normalized spacial score (nSPS) is 19.5. The van der Waals surface area contributed by atoms with Gasteiger partial charge < -0.3 is 4.90 Å². The second kappa shape index (κ2) is 6.82. The van der Waals surface area contributed by atoms with Crippen molar-refractivity contribution in [3.8, 4) is 0 Å². The SMILES string of the molecule is Cc1ccc2c(c1)C[N+]1(CC(=O)c3ccccc3Br)CN2Cc2cc(C)ccc21. The Balaban J connectivity index is 1.64. The van der Waals surface area contributed by atoms with Crippen molar-refractivity contribution in [3.05, 3.63) is 93.0 Å². The molecule has 0 aromatic heterocycles. The fourth-order valence-electron chi connectivity index (χ4n) is 4.97. The number of quaternary nitrogens is 1. The molecule has 3 aromatic rings. The monoisotopic (exact) mass is 447 g/mol. The molecule has 0 N–H and O–H groups in total. The topological polar surface area (TPSA) is 20.3 Å². The van der Waals surface area contributed by atoms with Gasteiger partial charge in [-0.2, -0.15) is 0 Å². The third-order valence-electron chi connectivity index (χ3n) is 6.22. The van der Waals surface area contributed by atoms with Gasteiger partial charge in [-0.05, 0) is 44.2 Å². The van der Waals surface area contributed by atoms with Crippen molar-refractivity contribution in [2.24, 2.45) is 0 Å². The molecule has 146 valence electrons. The van der Waals surface area contributed by atoms with Crippen LogP contribution < -0.4 is 9.38 Å². The Morgan fingerprint density at radius 3 is 2.52 bits per heavy atom. The molecule has 4 heteroatoms. The summed E-state index contributed by atoms with van der Waals surface area (Å²) in [7, 11) is 0. The zero-order valence-corrected chi connectivity index (χ0v) is 18.4. The molecule has 29 heavy (non-hydrogen) atoms. The largest absolute Gasteiger partial charge is 0.320 e. The lowest BCUT2D eigenvalue weighted by atomic mass is 9.95. The molecular formula is C25H24BrN2O+. The molecule has 2 heterocycles. The second-order valence-electron chi connectivity index (χ2n) is 8.47. The number of benzene rings is 3. The molecule has 1 atom stereocenters. The molecule has 0 saturated carbocycles. The second-order valence-corrected chi connectivity index (χ2v) is 9.32. The summed E-state index contributed by atoms with van der Waals surface area (Å²) < 4.78 is 1.53. The lowest BCUT2D eigenvalue weighted by Crippen LogP contribution is -2.62. The van der Waals surface area contributed by atoms with E-state index >= 15 is 0 Å². The first kappa shape index (κ1) is 18.6. The summed E-state index contributed by atoms with van der Waals surface area (Å²) in [4.78, 5) is 15.9. The van der Waals surface area contributed by atoms with Crippen molar-refractivity contribution in [2.75, 3.05) is 18.1 Å². The summed E-state index contributed by atoms with van der Waals surface area (Å²) in [6.07, 6.45) is 0. The van der Waals surface area contributed by atoms with E-state index in [1.54, 1.807) is 0 Å². The molecule has 2 bridgehead atoms. The highest BCUT2D eigenvalue weighted by molar-refractivity contribution is 9.10. The Morgan fingerprint density at radius 2 is 1.72 bits per heavy atom. The van der Waals surface area contributed by atoms with Crippen LogP contribution >= 0.6 is 15.9 Å². The molecule has 0 radical (unpaired) electrons. The van der Waals surface area contributed by atoms with Crippen LogP contribution in [0.1, 0.15) is 32.6 Å². The highest BCUT2D eigenvalue weighted by Gasteiger charge is 2.45. The van der Waals surface area contributed by atoms with Crippen LogP contribution in [-0.2, 0) is 13.1 Å². The fraction of sp³-hybridized carbons (Fsp3) is 0.240. The maximum Gasteiger partial charge on any atom is 0.218 e. The van der Waals surface area contributed by atoms with Crippen molar-refractivity contribution >= 4 is 33.1 Å². The Morgan fingerprint density at radius 1 is 1.00 bits per heavy atom. The summed E-state index contributed by atoms with van der Waals surface area (Å²) in [6, 6.07) is 21.2. The first-order valence-corrected chi connectivity index (χ1v) is 10.8. The lowest BCUT2D eigenvalue weighted by molar-refractivity contribution is 0.0919. The van der Waals surface area contributed by atoms with Crippen molar-refractivity contribution in [1.29, 1.82) is 0 Å². The zero-order valence-electron chi connectivity index (χ0n) is 16.8. The average Bonchev–Trinajstić information content (AvgIpc) is 2.67. The van der Waals surface area contributed by atoms with Crippen LogP contribution in [0.25, 0.3) is 0 Å². The minimum absolute atomic E-state index is 0.182. The minimum Gasteiger partial charge on any atom is -0.320 e. The van der Waals surface area contributed by atoms with Gasteiger partial charge in [0.25, 0.3) is 0 Å². The number of rotatable bonds is 3. The van der Waals surface area contributed by atoms with Gasteiger partial charge in [-0.15, -0.1) is 0 Å². The number of Topliss-reactive ketones (excluding diaryl/α,β-unsaturated/α-hetero) is 1. The van der Waals surface area contributed by atoms with Gasteiger partial charge in [-0.3, -0.25) is 9.28 Å². The van der Waals surface area contributed by atoms with Crippen LogP contribution in [0.2, 0.25) is 0 Å². The Kier molecular flexibility index (Phi) is 4.37. The van der Waals surface area contributed by atoms with Crippen molar-refractivity contribution in [2.45, 2.75) is 26.9 Å². The average molecular weight is 448 g/mol. The van der Waals surface area contributed by atoms with Crippen molar-refractivity contribution in [1.82, 2.24) is 4.48 Å². The molecule has 0 aliphatic carbocycles. The zero-order chi connectivity index (χ0) is 20.2. The maximum absolute atomic E-state index is 13.4. The number of hydrogen-bond donors (Lipinski definition) is 0. The summed E-state index contributed by atoms with van der Waals surface area (Å²) in [5.74, 6) is 0.182. The first-order chi connectivity index (χ1) is 13.9. The van der Waals surface area contributed by atoms with Gasteiger partial charge in [-0.1, -0.05) is 57.4 Å². The number of anilines is 1. The van der Waals surface area contributed by atoms with Crippen LogP contribution in [0.4, 0.5) is 11.4 Å². The number of nitrogens with zero attached hydrogens (tertiary/aromatic N) is 2. The van der Waals surface area contributed by atoms with Crippen LogP contribution in [0.3, 0.4) is 0 Å². The number of carbonyl (C=O) groups excluding carboxylic acids is 1. The summed E-state index contributed by atoms with van der Waals surface area (Å²) in [5, 5.41) is 0. The van der Waals surface area contributed by atoms with Crippen molar-refractivity contribution in [3.63, 3.8) is 0 Å². The molecule has 0 fully saturated rings. The smallest absolute Gasteiger partial charge is 0.218 e. The Bertz CT molecular complexity index is 1140. The molecule has 2 aliphatic rings. The number of carbonyl (C=O) groups is 1. The predicted molar refractivity (Wildman–Crippen MR) is 122 cm³/mol. The molecule has 2 aliphatic heterocycles. The van der Waals surface area contributed by atoms with Crippen LogP contribution in [0.15, 0.2) is 65.1 Å². The van der Waals surface area contributed by atoms with Gasteiger partial charge in [0, 0.05) is 21.2 Å². The van der Waals surface area contributed by atoms with Gasteiger partial charge in [0.2, 0.25) is 5.78 Å². The van der Waals surface area contributed by atoms with Crippen LogP contribution in [0.5, 0.6) is 0 Å². The summed E-state index contributed by atoms with van der Waals surface area (Å²) in [6.45, 7) is 7.33. The molecule has 3 nitrogen and oxygen atoms in total. The third kappa shape index (κ3) is 3.11. The number of ketones is 1. The molecule has 5 rings (SSSR count). The van der Waals surface area contributed by atoms with Crippen LogP contribution in [-0.4, -0.2) is 19.0 Å². The standard InChI is InChI=1S/C25H24BrN2O/c1-17-7-9-23-20(12-17)14-28(15-25(29)21-5-3-4-6-22(21)26)16-27(23)13-19-11-18(2)8-10-24(19)28/h3-12H,13-16H2,1-2H3/q+1. The fourth-order valence-corrected chi connectivity index (χ4v) is 5.48. The predicted octanol–water partition coefficient (Wildman–Crippen LogP) is 5.75. The molecule has 3 aromatic carbocycles. The van der Waals surface area contributed by atoms with E-state index in [-0.39, 0.29) is 5.78 Å². The van der Waals surface area contributed by atoms with E-state index in [0.717, 1.165) is 29.8 Å². The number of hydrogen-bond acceptors (Lipinski definition) is 2. The minimum atomic E-state index is 0.182. The maximum atomic E-state index is 13.4. The Hall–Kier alpha value is -2.43. The molecule has 0 amide bonds. The van der Waals surface area contributed by atoms with E-state index in [4.69, 9.17) is 0 Å². The first-order valence-electron chi connectivity index (χ1n) is 10.0. The lowest BCUT2D eigenvalue weighted by Gasteiger charge is -2.50. The molecule has 1 unspecified atom stereocenters. The van der Waals surface area contributed by atoms with Gasteiger partial charge >= 0.3 is 0 Å². The molecule has 0 spiro atoms. The quantitative estimate of drug-likeness (QED) is 0.376. The highest BCUT2D eigenvalue weighted by Crippen LogP contribution is 2.43. The van der Waals surface area contributed by atoms with E-state index in [2.05, 4.69) is 71.1 Å². The van der Waals surface area contributed by atoms with Crippen molar-refractivity contribution < 1.29 is 4.79 Å². The third-order valence-corrected chi connectivity index (χ3v) is 6.91. The molecular weight excluding hydrogens is 424 g/mol. The van der Waals surface area contributed by atoms with E-state index in [1.807, 2.05) is 24.3 Å². The van der Waals surface area contributed by atoms with E-state index < -0.39 is 0 Å². The Labute approximate surface area is 180 Å². The van der Waals surface area contributed by atoms with Gasteiger partial charge in [0.1, 0.15) is 18.8 Å². The summed E-state index contributed by atoms with van der Waals surface area (Å²) >= 11 is 3.57.